The van der Waals surface area contributed by atoms with Crippen LogP contribution in [0.2, 0.25) is 0 Å². The molecule has 6 nitrogen and oxygen atoms in total. The number of carbonyl (C=O) groups excluding carboxylic acids is 1. The summed E-state index contributed by atoms with van der Waals surface area (Å²) in [7, 11) is 1.79. The van der Waals surface area contributed by atoms with E-state index in [1.807, 2.05) is 18.2 Å². The minimum absolute atomic E-state index is 0.272. The third-order valence-corrected chi connectivity index (χ3v) is 3.07. The number of amides is 1. The summed E-state index contributed by atoms with van der Waals surface area (Å²) in [6.07, 6.45) is 0.688. The van der Waals surface area contributed by atoms with Crippen molar-refractivity contribution in [3.8, 4) is 11.5 Å². The molecule has 0 saturated heterocycles. The monoisotopic (exact) mass is 273 g/mol. The van der Waals surface area contributed by atoms with Gasteiger partial charge in [-0.3, -0.25) is 9.48 Å². The van der Waals surface area contributed by atoms with Gasteiger partial charge in [0.25, 0.3) is 5.91 Å². The molecule has 0 aliphatic carbocycles. The van der Waals surface area contributed by atoms with Gasteiger partial charge in [-0.1, -0.05) is 12.1 Å². The minimum Gasteiger partial charge on any atom is -0.482 e. The highest BCUT2D eigenvalue weighted by Gasteiger charge is 2.34. The lowest BCUT2D eigenvalue weighted by Gasteiger charge is -2.30. The molecular formula is C14H15N3O3. The summed E-state index contributed by atoms with van der Waals surface area (Å²) in [6, 6.07) is 9.02. The molecule has 1 aliphatic heterocycles. The fraction of sp³-hybridized carbons (Fsp3) is 0.286. The normalized spacial score (nSPS) is 20.5. The second kappa shape index (κ2) is 4.88. The number of aromatic nitrogens is 2. The van der Waals surface area contributed by atoms with E-state index < -0.39 is 6.10 Å². The van der Waals surface area contributed by atoms with Crippen LogP contribution in [0, 0.1) is 0 Å². The van der Waals surface area contributed by atoms with Crippen molar-refractivity contribution >= 4 is 11.7 Å². The Kier molecular flexibility index (Phi) is 3.06. The summed E-state index contributed by atoms with van der Waals surface area (Å²) < 4.78 is 13.0. The number of nitrogens with one attached hydrogen (secondary N) is 1. The van der Waals surface area contributed by atoms with Crippen LogP contribution >= 0.6 is 0 Å². The molecule has 0 spiro atoms. The SMILES string of the molecule is C[C@@H]1Oc2ccccc2O[C@@H]1C(=O)Nc1ccn(C)n1. The Labute approximate surface area is 116 Å². The van der Waals surface area contributed by atoms with Gasteiger partial charge in [-0.2, -0.15) is 5.10 Å². The van der Waals surface area contributed by atoms with Crippen molar-refractivity contribution in [3.05, 3.63) is 36.5 Å². The molecule has 0 fully saturated rings. The molecular weight excluding hydrogens is 258 g/mol. The quantitative estimate of drug-likeness (QED) is 0.902. The first-order chi connectivity index (χ1) is 9.63. The Morgan fingerprint density at radius 2 is 1.95 bits per heavy atom. The molecule has 2 aromatic rings. The maximum absolute atomic E-state index is 12.2. The molecule has 0 radical (unpaired) electrons. The summed E-state index contributed by atoms with van der Waals surface area (Å²) in [4.78, 5) is 12.2. The van der Waals surface area contributed by atoms with Crippen LogP contribution < -0.4 is 14.8 Å². The number of hydrogen-bond acceptors (Lipinski definition) is 4. The van der Waals surface area contributed by atoms with Gasteiger partial charge in [0.2, 0.25) is 6.10 Å². The molecule has 1 amide bonds. The fourth-order valence-electron chi connectivity index (χ4n) is 2.09. The first-order valence-corrected chi connectivity index (χ1v) is 6.36. The van der Waals surface area contributed by atoms with Gasteiger partial charge in [-0.25, -0.2) is 0 Å². The molecule has 20 heavy (non-hydrogen) atoms. The molecule has 0 bridgehead atoms. The molecule has 3 rings (SSSR count). The average Bonchev–Trinajstić information content (AvgIpc) is 2.83. The van der Waals surface area contributed by atoms with Gasteiger partial charge < -0.3 is 14.8 Å². The molecule has 0 unspecified atom stereocenters. The number of rotatable bonds is 2. The van der Waals surface area contributed by atoms with Crippen molar-refractivity contribution in [3.63, 3.8) is 0 Å². The molecule has 1 aromatic carbocycles. The van der Waals surface area contributed by atoms with Crippen LogP contribution in [0.3, 0.4) is 0 Å². The summed E-state index contributed by atoms with van der Waals surface area (Å²) in [6.45, 7) is 1.80. The number of carbonyl (C=O) groups is 1. The predicted octanol–water partition coefficient (Wildman–Crippen LogP) is 1.59. The number of nitrogens with zero attached hydrogens (tertiary/aromatic N) is 2. The first kappa shape index (κ1) is 12.5. The third kappa shape index (κ3) is 2.32. The van der Waals surface area contributed by atoms with Crippen LogP contribution in [0.25, 0.3) is 0 Å². The molecule has 1 aromatic heterocycles. The largest absolute Gasteiger partial charge is 0.482 e. The van der Waals surface area contributed by atoms with E-state index in [9.17, 15) is 4.79 Å². The summed E-state index contributed by atoms with van der Waals surface area (Å²) in [5.74, 6) is 1.45. The zero-order valence-corrected chi connectivity index (χ0v) is 11.2. The smallest absolute Gasteiger partial charge is 0.270 e. The molecule has 1 N–H and O–H groups in total. The molecule has 1 aliphatic rings. The lowest BCUT2D eigenvalue weighted by atomic mass is 10.1. The lowest BCUT2D eigenvalue weighted by molar-refractivity contribution is -0.128. The highest BCUT2D eigenvalue weighted by Crippen LogP contribution is 2.33. The van der Waals surface area contributed by atoms with E-state index in [2.05, 4.69) is 10.4 Å². The molecule has 2 atom stereocenters. The molecule has 104 valence electrons. The summed E-state index contributed by atoms with van der Waals surface area (Å²) in [5.41, 5.74) is 0. The maximum Gasteiger partial charge on any atom is 0.270 e. The van der Waals surface area contributed by atoms with E-state index in [0.717, 1.165) is 0 Å². The third-order valence-electron chi connectivity index (χ3n) is 3.07. The van der Waals surface area contributed by atoms with E-state index in [-0.39, 0.29) is 12.0 Å². The van der Waals surface area contributed by atoms with Gasteiger partial charge in [0.1, 0.15) is 6.10 Å². The Morgan fingerprint density at radius 1 is 1.25 bits per heavy atom. The summed E-state index contributed by atoms with van der Waals surface area (Å²) in [5, 5.41) is 6.82. The van der Waals surface area contributed by atoms with E-state index >= 15 is 0 Å². The Bertz CT molecular complexity index is 638. The second-order valence-electron chi connectivity index (χ2n) is 4.67. The fourth-order valence-corrected chi connectivity index (χ4v) is 2.09. The zero-order chi connectivity index (χ0) is 14.1. The summed E-state index contributed by atoms with van der Waals surface area (Å²) >= 11 is 0. The second-order valence-corrected chi connectivity index (χ2v) is 4.67. The van der Waals surface area contributed by atoms with Gasteiger partial charge in [0.05, 0.1) is 0 Å². The van der Waals surface area contributed by atoms with E-state index in [0.29, 0.717) is 17.3 Å². The minimum atomic E-state index is -0.702. The molecule has 2 heterocycles. The number of anilines is 1. The van der Waals surface area contributed by atoms with Gasteiger partial charge in [0, 0.05) is 19.3 Å². The van der Waals surface area contributed by atoms with Crippen LogP contribution in [0.4, 0.5) is 5.82 Å². The number of fused-ring (bicyclic) bond motifs is 1. The highest BCUT2D eigenvalue weighted by molar-refractivity contribution is 5.94. The number of para-hydroxylation sites is 2. The van der Waals surface area contributed by atoms with Crippen LogP contribution in [-0.4, -0.2) is 27.9 Å². The number of benzene rings is 1. The van der Waals surface area contributed by atoms with E-state index in [1.165, 1.54) is 0 Å². The average molecular weight is 273 g/mol. The molecule has 0 saturated carbocycles. The van der Waals surface area contributed by atoms with Crippen LogP contribution in [-0.2, 0) is 11.8 Å². The number of aryl methyl sites for hydroxylation is 1. The standard InChI is InChI=1S/C14H15N3O3/c1-9-13(14(18)15-12-7-8-17(2)16-12)20-11-6-4-3-5-10(11)19-9/h3-9,13H,1-2H3,(H,15,16,18)/t9-,13-/m0/s1. The first-order valence-electron chi connectivity index (χ1n) is 6.36. The molecule has 6 heteroatoms. The van der Waals surface area contributed by atoms with Crippen molar-refractivity contribution < 1.29 is 14.3 Å². The van der Waals surface area contributed by atoms with Gasteiger partial charge in [-0.15, -0.1) is 0 Å². The number of hydrogen-bond donors (Lipinski definition) is 1. The maximum atomic E-state index is 12.2. The van der Waals surface area contributed by atoms with Crippen LogP contribution in [0.5, 0.6) is 11.5 Å². The lowest BCUT2D eigenvalue weighted by Crippen LogP contribution is -2.46. The van der Waals surface area contributed by atoms with Crippen molar-refractivity contribution in [1.82, 2.24) is 9.78 Å². The van der Waals surface area contributed by atoms with E-state index in [1.54, 1.807) is 37.0 Å². The van der Waals surface area contributed by atoms with Crippen LogP contribution in [0.1, 0.15) is 6.92 Å². The van der Waals surface area contributed by atoms with Gasteiger partial charge in [-0.05, 0) is 19.1 Å². The van der Waals surface area contributed by atoms with Gasteiger partial charge >= 0.3 is 0 Å². The van der Waals surface area contributed by atoms with Crippen molar-refractivity contribution in [2.24, 2.45) is 7.05 Å². The Morgan fingerprint density at radius 3 is 2.60 bits per heavy atom. The predicted molar refractivity (Wildman–Crippen MR) is 72.8 cm³/mol. The highest BCUT2D eigenvalue weighted by atomic mass is 16.6. The zero-order valence-electron chi connectivity index (χ0n) is 11.2. The van der Waals surface area contributed by atoms with Crippen molar-refractivity contribution in [2.75, 3.05) is 5.32 Å². The van der Waals surface area contributed by atoms with Crippen molar-refractivity contribution in [2.45, 2.75) is 19.1 Å². The topological polar surface area (TPSA) is 65.4 Å². The van der Waals surface area contributed by atoms with Crippen molar-refractivity contribution in [1.29, 1.82) is 0 Å². The Balaban J connectivity index is 1.75. The van der Waals surface area contributed by atoms with Crippen LogP contribution in [0.15, 0.2) is 36.5 Å². The van der Waals surface area contributed by atoms with E-state index in [4.69, 9.17) is 9.47 Å². The number of ether oxygens (including phenoxy) is 2. The Hall–Kier alpha value is -2.50. The van der Waals surface area contributed by atoms with Gasteiger partial charge in [0.15, 0.2) is 17.3 Å².